The molecule has 2 heterocycles. The van der Waals surface area contributed by atoms with Crippen LogP contribution in [0.15, 0.2) is 24.3 Å². The van der Waals surface area contributed by atoms with Crippen molar-refractivity contribution in [3.8, 4) is 34.5 Å². The van der Waals surface area contributed by atoms with Gasteiger partial charge in [0.1, 0.15) is 35.5 Å². The first-order valence-corrected chi connectivity index (χ1v) is 15.2. The van der Waals surface area contributed by atoms with Crippen molar-refractivity contribution in [2.24, 2.45) is 23.7 Å². The van der Waals surface area contributed by atoms with Crippen molar-refractivity contribution in [3.05, 3.63) is 35.4 Å². The first kappa shape index (κ1) is 40.5. The standard InChI is InChI=1S/2C17H20O9/c2*1-21-9-7-11(23-3)10(22-2)6-8(9)14-12(15(18)24-4)13(16(19)25-5)17(20)26-14/h2*6-7,12-14H,1-5H3/t12-,13+,14+;12-,13-,14+/m11/s1. The van der Waals surface area contributed by atoms with Gasteiger partial charge in [0.05, 0.1) is 71.1 Å². The molecule has 2 saturated heterocycles. The molecular formula is C34H40O18. The lowest BCUT2D eigenvalue weighted by atomic mass is 9.86. The molecule has 2 aromatic rings. The van der Waals surface area contributed by atoms with E-state index in [-0.39, 0.29) is 0 Å². The number of hydrogen-bond acceptors (Lipinski definition) is 18. The van der Waals surface area contributed by atoms with Gasteiger partial charge in [0.2, 0.25) is 0 Å². The van der Waals surface area contributed by atoms with Gasteiger partial charge in [-0.2, -0.15) is 0 Å². The highest BCUT2D eigenvalue weighted by atomic mass is 16.6. The Labute approximate surface area is 298 Å². The number of methoxy groups -OCH3 is 10. The minimum Gasteiger partial charge on any atom is -0.496 e. The van der Waals surface area contributed by atoms with Crippen LogP contribution < -0.4 is 28.4 Å². The molecule has 18 nitrogen and oxygen atoms in total. The molecule has 0 bridgehead atoms. The Bertz CT molecular complexity index is 1550. The van der Waals surface area contributed by atoms with E-state index >= 15 is 0 Å². The second-order valence-electron chi connectivity index (χ2n) is 10.7. The van der Waals surface area contributed by atoms with Gasteiger partial charge >= 0.3 is 35.8 Å². The molecule has 2 aromatic carbocycles. The van der Waals surface area contributed by atoms with E-state index < -0.39 is 71.7 Å². The topological polar surface area (TPSA) is 213 Å². The third-order valence-electron chi connectivity index (χ3n) is 8.31. The van der Waals surface area contributed by atoms with Gasteiger partial charge in [0.15, 0.2) is 34.8 Å². The summed E-state index contributed by atoms with van der Waals surface area (Å²) in [5.74, 6) is -8.39. The second-order valence-corrected chi connectivity index (χ2v) is 10.7. The predicted molar refractivity (Wildman–Crippen MR) is 172 cm³/mol. The van der Waals surface area contributed by atoms with Gasteiger partial charge in [-0.25, -0.2) is 0 Å². The van der Waals surface area contributed by atoms with E-state index in [0.29, 0.717) is 45.6 Å². The van der Waals surface area contributed by atoms with Gasteiger partial charge < -0.3 is 56.8 Å². The minimum absolute atomic E-state index is 0.292. The number of carbonyl (C=O) groups is 6. The molecule has 0 spiro atoms. The van der Waals surface area contributed by atoms with Crippen LogP contribution in [0.25, 0.3) is 0 Å². The van der Waals surface area contributed by atoms with Gasteiger partial charge in [-0.15, -0.1) is 0 Å². The highest BCUT2D eigenvalue weighted by Crippen LogP contribution is 2.48. The predicted octanol–water partition coefficient (Wildman–Crippen LogP) is 1.78. The second kappa shape index (κ2) is 17.8. The summed E-state index contributed by atoms with van der Waals surface area (Å²) >= 11 is 0. The summed E-state index contributed by atoms with van der Waals surface area (Å²) in [6, 6.07) is 6.10. The number of esters is 6. The normalized spacial score (nSPS) is 21.6. The van der Waals surface area contributed by atoms with E-state index in [1.54, 1.807) is 0 Å². The molecule has 6 atom stereocenters. The van der Waals surface area contributed by atoms with E-state index in [4.69, 9.17) is 47.4 Å². The molecule has 0 aliphatic carbocycles. The largest absolute Gasteiger partial charge is 0.496 e. The lowest BCUT2D eigenvalue weighted by Crippen LogP contribution is -2.33. The summed E-state index contributed by atoms with van der Waals surface area (Å²) in [4.78, 5) is 73.1. The number of benzene rings is 2. The zero-order valence-electron chi connectivity index (χ0n) is 30.1. The molecule has 0 unspecified atom stereocenters. The van der Waals surface area contributed by atoms with Crippen LogP contribution in [0.3, 0.4) is 0 Å². The summed E-state index contributed by atoms with van der Waals surface area (Å²) in [6.45, 7) is 0. The number of hydrogen-bond donors (Lipinski definition) is 0. The van der Waals surface area contributed by atoms with Crippen molar-refractivity contribution < 1.29 is 85.6 Å². The fourth-order valence-electron chi connectivity index (χ4n) is 5.78. The van der Waals surface area contributed by atoms with Crippen LogP contribution in [-0.2, 0) is 57.2 Å². The Hall–Kier alpha value is -5.94. The Morgan fingerprint density at radius 1 is 0.423 bits per heavy atom. The minimum atomic E-state index is -1.43. The number of ether oxygens (including phenoxy) is 12. The van der Waals surface area contributed by atoms with Crippen molar-refractivity contribution in [1.82, 2.24) is 0 Å². The Kier molecular flexibility index (Phi) is 13.9. The smallest absolute Gasteiger partial charge is 0.322 e. The highest BCUT2D eigenvalue weighted by Gasteiger charge is 2.56. The van der Waals surface area contributed by atoms with E-state index in [1.807, 2.05) is 0 Å². The number of rotatable bonds is 12. The van der Waals surface area contributed by atoms with Gasteiger partial charge in [-0.1, -0.05) is 0 Å². The first-order valence-electron chi connectivity index (χ1n) is 15.2. The van der Waals surface area contributed by atoms with Crippen LogP contribution in [0, 0.1) is 23.7 Å². The summed E-state index contributed by atoms with van der Waals surface area (Å²) in [5, 5.41) is 0. The van der Waals surface area contributed by atoms with Crippen LogP contribution in [-0.4, -0.2) is 107 Å². The molecule has 2 aliphatic heterocycles. The molecule has 2 fully saturated rings. The molecule has 2 aliphatic rings. The molecule has 0 aromatic heterocycles. The third kappa shape index (κ3) is 7.84. The van der Waals surface area contributed by atoms with Gasteiger partial charge in [0.25, 0.3) is 0 Å². The van der Waals surface area contributed by atoms with Crippen LogP contribution in [0.4, 0.5) is 0 Å². The molecule has 0 amide bonds. The monoisotopic (exact) mass is 736 g/mol. The van der Waals surface area contributed by atoms with E-state index in [0.717, 1.165) is 28.4 Å². The first-order chi connectivity index (χ1) is 24.8. The lowest BCUT2D eigenvalue weighted by molar-refractivity contribution is -0.159. The van der Waals surface area contributed by atoms with Crippen molar-refractivity contribution >= 4 is 35.8 Å². The quantitative estimate of drug-likeness (QED) is 0.172. The van der Waals surface area contributed by atoms with Gasteiger partial charge in [-0.05, 0) is 12.1 Å². The van der Waals surface area contributed by atoms with Gasteiger partial charge in [0, 0.05) is 23.3 Å². The summed E-state index contributed by atoms with van der Waals surface area (Å²) in [6.07, 6.45) is -2.23. The molecule has 0 saturated carbocycles. The Morgan fingerprint density at radius 2 is 0.692 bits per heavy atom. The Balaban J connectivity index is 0.000000280. The SMILES string of the molecule is COC(=O)[C@@H]1C(=O)O[C@@H](c2cc(OC)c(OC)cc2OC)[C@@H]1C(=O)OC.COC(=O)[C@H]1C(=O)O[C@@H](c2cc(OC)c(OC)cc2OC)[C@@H]1C(=O)OC. The summed E-state index contributed by atoms with van der Waals surface area (Å²) in [5.41, 5.74) is 0.667. The lowest BCUT2D eigenvalue weighted by Gasteiger charge is -2.21. The van der Waals surface area contributed by atoms with Gasteiger partial charge in [-0.3, -0.25) is 28.8 Å². The van der Waals surface area contributed by atoms with Crippen LogP contribution in [0.2, 0.25) is 0 Å². The van der Waals surface area contributed by atoms with E-state index in [2.05, 4.69) is 9.47 Å². The van der Waals surface area contributed by atoms with Crippen molar-refractivity contribution in [2.45, 2.75) is 12.2 Å². The summed E-state index contributed by atoms with van der Waals surface area (Å²) < 4.78 is 61.0. The Morgan fingerprint density at radius 3 is 0.942 bits per heavy atom. The average molecular weight is 737 g/mol. The fraction of sp³-hybridized carbons (Fsp3) is 0.471. The zero-order chi connectivity index (χ0) is 38.9. The fourth-order valence-corrected chi connectivity index (χ4v) is 5.78. The van der Waals surface area contributed by atoms with Crippen molar-refractivity contribution in [2.75, 3.05) is 71.1 Å². The maximum Gasteiger partial charge on any atom is 0.322 e. The highest BCUT2D eigenvalue weighted by molar-refractivity contribution is 6.02. The molecule has 52 heavy (non-hydrogen) atoms. The molecule has 0 N–H and O–H groups in total. The molecule has 0 radical (unpaired) electrons. The zero-order valence-corrected chi connectivity index (χ0v) is 30.1. The molecule has 18 heteroatoms. The molecule has 284 valence electrons. The van der Waals surface area contributed by atoms with E-state index in [9.17, 15) is 28.8 Å². The summed E-state index contributed by atoms with van der Waals surface area (Å²) in [7, 11) is 13.1. The van der Waals surface area contributed by atoms with Crippen molar-refractivity contribution in [3.63, 3.8) is 0 Å². The maximum atomic E-state index is 12.3. The molecule has 4 rings (SSSR count). The van der Waals surface area contributed by atoms with Crippen LogP contribution >= 0.6 is 0 Å². The number of cyclic esters (lactones) is 2. The maximum absolute atomic E-state index is 12.3. The van der Waals surface area contributed by atoms with Crippen LogP contribution in [0.5, 0.6) is 34.5 Å². The van der Waals surface area contributed by atoms with Crippen LogP contribution in [0.1, 0.15) is 23.3 Å². The number of carbonyl (C=O) groups excluding carboxylic acids is 6. The van der Waals surface area contributed by atoms with E-state index in [1.165, 1.54) is 66.9 Å². The third-order valence-corrected chi connectivity index (χ3v) is 8.31. The molecular weight excluding hydrogens is 696 g/mol. The average Bonchev–Trinajstić information content (AvgIpc) is 3.71. The van der Waals surface area contributed by atoms with Crippen molar-refractivity contribution in [1.29, 1.82) is 0 Å².